The number of fused-ring (bicyclic) bond motifs is 1. The van der Waals surface area contributed by atoms with Crippen LogP contribution in [0.3, 0.4) is 0 Å². The maximum absolute atomic E-state index is 11.7. The van der Waals surface area contributed by atoms with Crippen molar-refractivity contribution in [2.75, 3.05) is 19.6 Å². The third-order valence-corrected chi connectivity index (χ3v) is 4.29. The highest BCUT2D eigenvalue weighted by atomic mass is 79.9. The number of hydrogen-bond donors (Lipinski definition) is 0. The molecule has 18 heavy (non-hydrogen) atoms. The molecule has 2 aliphatic heterocycles. The molecule has 0 aromatic heterocycles. The highest BCUT2D eigenvalue weighted by Gasteiger charge is 2.33. The Morgan fingerprint density at radius 2 is 2.00 bits per heavy atom. The normalized spacial score (nSPS) is 22.6. The molecule has 0 spiro atoms. The van der Waals surface area contributed by atoms with Crippen LogP contribution in [-0.2, 0) is 4.79 Å². The lowest BCUT2D eigenvalue weighted by molar-refractivity contribution is -0.114. The second kappa shape index (κ2) is 5.03. The van der Waals surface area contributed by atoms with Crippen LogP contribution in [0.25, 0.3) is 0 Å². The van der Waals surface area contributed by atoms with E-state index in [4.69, 9.17) is 0 Å². The quantitative estimate of drug-likeness (QED) is 0.795. The Bertz CT molecular complexity index is 503. The molecule has 0 N–H and O–H groups in total. The number of aliphatic imine (C=N–C) groups is 1. The van der Waals surface area contributed by atoms with Gasteiger partial charge in [-0.1, -0.05) is 15.9 Å². The number of hydrogen-bond acceptors (Lipinski definition) is 4. The summed E-state index contributed by atoms with van der Waals surface area (Å²) in [7, 11) is 0. The van der Waals surface area contributed by atoms with E-state index < -0.39 is 0 Å². The van der Waals surface area contributed by atoms with E-state index in [2.05, 4.69) is 30.9 Å². The highest BCUT2D eigenvalue weighted by molar-refractivity contribution is 9.10. The lowest BCUT2D eigenvalue weighted by Gasteiger charge is -2.33. The van der Waals surface area contributed by atoms with Crippen LogP contribution in [0.15, 0.2) is 33.7 Å². The van der Waals surface area contributed by atoms with Gasteiger partial charge in [-0.05, 0) is 42.4 Å². The zero-order chi connectivity index (χ0) is 12.5. The molecule has 0 bridgehead atoms. The van der Waals surface area contributed by atoms with Gasteiger partial charge in [-0.15, -0.1) is 0 Å². The molecule has 1 aromatic carbocycles. The van der Waals surface area contributed by atoms with Gasteiger partial charge in [0.2, 0.25) is 5.12 Å². The van der Waals surface area contributed by atoms with Gasteiger partial charge in [0, 0.05) is 17.6 Å². The summed E-state index contributed by atoms with van der Waals surface area (Å²) in [6.45, 7) is 2.41. The van der Waals surface area contributed by atoms with Crippen LogP contribution in [0, 0.1) is 0 Å². The van der Waals surface area contributed by atoms with E-state index in [0.717, 1.165) is 34.8 Å². The summed E-state index contributed by atoms with van der Waals surface area (Å²) in [5.41, 5.74) is 0.877. The van der Waals surface area contributed by atoms with Gasteiger partial charge in [0.15, 0.2) is 5.17 Å². The van der Waals surface area contributed by atoms with Gasteiger partial charge in [-0.2, -0.15) is 0 Å². The van der Waals surface area contributed by atoms with Gasteiger partial charge in [0.25, 0.3) is 0 Å². The fourth-order valence-electron chi connectivity index (χ4n) is 2.09. The number of halogens is 1. The first-order valence-corrected chi connectivity index (χ1v) is 7.41. The van der Waals surface area contributed by atoms with E-state index in [1.807, 2.05) is 24.3 Å². The predicted octanol–water partition coefficient (Wildman–Crippen LogP) is 2.63. The van der Waals surface area contributed by atoms with Crippen LogP contribution in [0.2, 0.25) is 0 Å². The van der Waals surface area contributed by atoms with Gasteiger partial charge in [0.05, 0.1) is 12.2 Å². The monoisotopic (exact) mass is 325 g/mol. The van der Waals surface area contributed by atoms with Crippen molar-refractivity contribution in [3.8, 4) is 0 Å². The fraction of sp³-hybridized carbons (Fsp3) is 0.333. The number of amidine groups is 1. The van der Waals surface area contributed by atoms with Crippen LogP contribution in [0.5, 0.6) is 0 Å². The Morgan fingerprint density at radius 3 is 2.78 bits per heavy atom. The van der Waals surface area contributed by atoms with Crippen LogP contribution in [0.1, 0.15) is 6.42 Å². The molecule has 2 fully saturated rings. The molecule has 2 saturated heterocycles. The van der Waals surface area contributed by atoms with Crippen molar-refractivity contribution in [3.05, 3.63) is 28.7 Å². The van der Waals surface area contributed by atoms with Crippen LogP contribution in [0.4, 0.5) is 5.69 Å². The summed E-state index contributed by atoms with van der Waals surface area (Å²) >= 11 is 4.64. The van der Waals surface area contributed by atoms with Crippen molar-refractivity contribution in [2.24, 2.45) is 4.99 Å². The summed E-state index contributed by atoms with van der Waals surface area (Å²) in [6, 6.07) is 7.79. The first kappa shape index (κ1) is 12.2. The SMILES string of the molecule is O=C1CN2CCCN2C(=Nc2ccc(Br)cc2)S1. The Balaban J connectivity index is 1.89. The molecule has 3 rings (SSSR count). The van der Waals surface area contributed by atoms with Crippen molar-refractivity contribution < 1.29 is 4.79 Å². The zero-order valence-electron chi connectivity index (χ0n) is 9.67. The Hall–Kier alpha value is -0.850. The highest BCUT2D eigenvalue weighted by Crippen LogP contribution is 2.27. The molecule has 0 radical (unpaired) electrons. The largest absolute Gasteiger partial charge is 0.285 e. The maximum atomic E-state index is 11.7. The van der Waals surface area contributed by atoms with E-state index in [0.29, 0.717) is 6.54 Å². The standard InChI is InChI=1S/C12H12BrN3OS/c13-9-2-4-10(5-3-9)14-12-16-7-1-6-15(16)8-11(17)18-12/h2-5H,1,6-8H2. The second-order valence-electron chi connectivity index (χ2n) is 4.21. The molecule has 6 heteroatoms. The van der Waals surface area contributed by atoms with Crippen molar-refractivity contribution >= 4 is 43.7 Å². The average Bonchev–Trinajstić information content (AvgIpc) is 2.80. The molecule has 4 nitrogen and oxygen atoms in total. The third-order valence-electron chi connectivity index (χ3n) is 2.92. The van der Waals surface area contributed by atoms with Crippen LogP contribution < -0.4 is 0 Å². The van der Waals surface area contributed by atoms with Gasteiger partial charge in [-0.25, -0.2) is 10.0 Å². The molecule has 0 atom stereocenters. The molecule has 0 unspecified atom stereocenters. The number of rotatable bonds is 1. The van der Waals surface area contributed by atoms with Crippen molar-refractivity contribution in [1.82, 2.24) is 10.0 Å². The summed E-state index contributed by atoms with van der Waals surface area (Å²) in [5.74, 6) is 0. The second-order valence-corrected chi connectivity index (χ2v) is 6.15. The predicted molar refractivity (Wildman–Crippen MR) is 76.7 cm³/mol. The summed E-state index contributed by atoms with van der Waals surface area (Å²) in [5, 5.41) is 5.17. The molecular weight excluding hydrogens is 314 g/mol. The van der Waals surface area contributed by atoms with Crippen molar-refractivity contribution in [2.45, 2.75) is 6.42 Å². The topological polar surface area (TPSA) is 35.9 Å². The number of nitrogens with zero attached hydrogens (tertiary/aromatic N) is 3. The van der Waals surface area contributed by atoms with Gasteiger partial charge >= 0.3 is 0 Å². The van der Waals surface area contributed by atoms with Gasteiger partial charge in [0.1, 0.15) is 0 Å². The van der Waals surface area contributed by atoms with E-state index in [9.17, 15) is 4.79 Å². The Morgan fingerprint density at radius 1 is 1.22 bits per heavy atom. The zero-order valence-corrected chi connectivity index (χ0v) is 12.1. The summed E-state index contributed by atoms with van der Waals surface area (Å²) < 4.78 is 1.03. The van der Waals surface area contributed by atoms with Gasteiger partial charge in [-0.3, -0.25) is 9.80 Å². The molecule has 1 aromatic rings. The number of carbonyl (C=O) groups excluding carboxylic acids is 1. The lowest BCUT2D eigenvalue weighted by Crippen LogP contribution is -2.46. The average molecular weight is 326 g/mol. The number of hydrazine groups is 1. The summed E-state index contributed by atoms with van der Waals surface area (Å²) in [6.07, 6.45) is 1.09. The minimum absolute atomic E-state index is 0.170. The number of thioether (sulfide) groups is 1. The first-order valence-electron chi connectivity index (χ1n) is 5.80. The van der Waals surface area contributed by atoms with E-state index in [1.54, 1.807) is 0 Å². The summed E-state index contributed by atoms with van der Waals surface area (Å²) in [4.78, 5) is 16.2. The van der Waals surface area contributed by atoms with Crippen LogP contribution >= 0.6 is 27.7 Å². The van der Waals surface area contributed by atoms with Crippen LogP contribution in [-0.4, -0.2) is 39.9 Å². The van der Waals surface area contributed by atoms with Crippen molar-refractivity contribution in [1.29, 1.82) is 0 Å². The number of carbonyl (C=O) groups is 1. The smallest absolute Gasteiger partial charge is 0.212 e. The Kier molecular flexibility index (Phi) is 3.41. The minimum Gasteiger partial charge on any atom is -0.285 e. The molecule has 2 heterocycles. The maximum Gasteiger partial charge on any atom is 0.212 e. The molecule has 94 valence electrons. The van der Waals surface area contributed by atoms with E-state index in [-0.39, 0.29) is 5.12 Å². The number of benzene rings is 1. The van der Waals surface area contributed by atoms with E-state index >= 15 is 0 Å². The molecule has 0 amide bonds. The Labute approximate surface area is 118 Å². The molecular formula is C12H12BrN3OS. The van der Waals surface area contributed by atoms with Gasteiger partial charge < -0.3 is 0 Å². The third kappa shape index (κ3) is 2.46. The molecule has 0 saturated carbocycles. The molecule has 2 aliphatic rings. The van der Waals surface area contributed by atoms with E-state index in [1.165, 1.54) is 11.8 Å². The molecule has 0 aliphatic carbocycles. The lowest BCUT2D eigenvalue weighted by atomic mass is 10.3. The van der Waals surface area contributed by atoms with Crippen molar-refractivity contribution in [3.63, 3.8) is 0 Å². The minimum atomic E-state index is 0.170. The first-order chi connectivity index (χ1) is 8.72. The fourth-order valence-corrected chi connectivity index (χ4v) is 3.23.